The van der Waals surface area contributed by atoms with Crippen LogP contribution in [0.5, 0.6) is 5.75 Å². The Kier molecular flexibility index (Phi) is 2.29. The first kappa shape index (κ1) is 10.9. The molecule has 1 atom stereocenters. The van der Waals surface area contributed by atoms with Crippen molar-refractivity contribution in [3.8, 4) is 17.0 Å². The van der Waals surface area contributed by atoms with Gasteiger partial charge in [-0.3, -0.25) is 5.10 Å². The summed E-state index contributed by atoms with van der Waals surface area (Å²) < 4.78 is 5.82. The average Bonchev–Trinajstić information content (AvgIpc) is 3.04. The maximum Gasteiger partial charge on any atom is 0.157 e. The summed E-state index contributed by atoms with van der Waals surface area (Å²) in [6.07, 6.45) is 1.03. The van der Waals surface area contributed by atoms with Gasteiger partial charge in [0.15, 0.2) is 5.82 Å². The number of rotatable bonds is 1. The number of benzene rings is 1. The number of aromatic amines is 1. The number of fused-ring (bicyclic) bond motifs is 3. The average molecular weight is 256 g/mol. The Labute approximate surface area is 111 Å². The molecule has 0 aliphatic carbocycles. The molecular weight excluding hydrogens is 240 g/mol. The van der Waals surface area contributed by atoms with Crippen LogP contribution in [0.1, 0.15) is 12.0 Å². The number of anilines is 1. The predicted molar refractivity (Wildman–Crippen MR) is 73.2 cm³/mol. The molecule has 19 heavy (non-hydrogen) atoms. The van der Waals surface area contributed by atoms with Crippen molar-refractivity contribution in [3.05, 3.63) is 29.8 Å². The van der Waals surface area contributed by atoms with Crippen LogP contribution in [-0.2, 0) is 6.61 Å². The fourth-order valence-electron chi connectivity index (χ4n) is 2.91. The lowest BCUT2D eigenvalue weighted by atomic mass is 10.0. The van der Waals surface area contributed by atoms with Crippen molar-refractivity contribution < 1.29 is 4.74 Å². The second-order valence-corrected chi connectivity index (χ2v) is 5.18. The van der Waals surface area contributed by atoms with Gasteiger partial charge < -0.3 is 15.4 Å². The van der Waals surface area contributed by atoms with E-state index in [0.717, 1.165) is 47.9 Å². The van der Waals surface area contributed by atoms with Crippen LogP contribution < -0.4 is 15.4 Å². The largest absolute Gasteiger partial charge is 0.488 e. The van der Waals surface area contributed by atoms with E-state index in [9.17, 15) is 0 Å². The van der Waals surface area contributed by atoms with Gasteiger partial charge in [-0.2, -0.15) is 5.10 Å². The summed E-state index contributed by atoms with van der Waals surface area (Å²) in [7, 11) is 0. The van der Waals surface area contributed by atoms with Crippen molar-refractivity contribution in [1.29, 1.82) is 0 Å². The van der Waals surface area contributed by atoms with Gasteiger partial charge >= 0.3 is 0 Å². The van der Waals surface area contributed by atoms with Crippen LogP contribution in [0.25, 0.3) is 11.3 Å². The highest BCUT2D eigenvalue weighted by Crippen LogP contribution is 2.39. The molecule has 2 aromatic rings. The smallest absolute Gasteiger partial charge is 0.157 e. The van der Waals surface area contributed by atoms with Crippen LogP contribution >= 0.6 is 0 Å². The second-order valence-electron chi connectivity index (χ2n) is 5.18. The Morgan fingerprint density at radius 3 is 3.11 bits per heavy atom. The number of aromatic nitrogens is 2. The van der Waals surface area contributed by atoms with Gasteiger partial charge in [0.05, 0.1) is 11.3 Å². The molecular formula is C14H16N4O. The lowest BCUT2D eigenvalue weighted by Gasteiger charge is -2.21. The van der Waals surface area contributed by atoms with Crippen LogP contribution in [0.2, 0.25) is 0 Å². The first-order valence-corrected chi connectivity index (χ1v) is 6.63. The number of hydrogen-bond acceptors (Lipinski definition) is 4. The molecule has 0 bridgehead atoms. The van der Waals surface area contributed by atoms with Crippen molar-refractivity contribution in [2.45, 2.75) is 19.1 Å². The topological polar surface area (TPSA) is 67.2 Å². The second kappa shape index (κ2) is 3.99. The summed E-state index contributed by atoms with van der Waals surface area (Å²) in [6.45, 7) is 2.42. The highest BCUT2D eigenvalue weighted by atomic mass is 16.5. The zero-order valence-corrected chi connectivity index (χ0v) is 10.6. The van der Waals surface area contributed by atoms with Gasteiger partial charge in [0.2, 0.25) is 0 Å². The molecule has 1 unspecified atom stereocenters. The molecule has 0 amide bonds. The van der Waals surface area contributed by atoms with Gasteiger partial charge in [0.1, 0.15) is 12.4 Å². The molecule has 4 rings (SSSR count). The number of ether oxygens (including phenoxy) is 1. The third-order valence-electron chi connectivity index (χ3n) is 3.90. The summed E-state index contributed by atoms with van der Waals surface area (Å²) in [5.41, 5.74) is 9.29. The van der Waals surface area contributed by atoms with Crippen LogP contribution in [0.4, 0.5) is 5.82 Å². The standard InChI is InChI=1S/C14H16N4O/c15-9-5-6-18(7-9)14-11-8-19-12-4-2-1-3-10(12)13(11)16-17-14/h1-4,9H,5-8,15H2,(H,16,17). The SMILES string of the molecule is NC1CCN(c2n[nH]c3c2COc2ccccc2-3)C1. The lowest BCUT2D eigenvalue weighted by Crippen LogP contribution is -2.27. The molecule has 0 spiro atoms. The molecule has 5 heteroatoms. The van der Waals surface area contributed by atoms with E-state index < -0.39 is 0 Å². The van der Waals surface area contributed by atoms with Gasteiger partial charge in [-0.15, -0.1) is 0 Å². The number of hydrogen-bond donors (Lipinski definition) is 2. The van der Waals surface area contributed by atoms with E-state index in [1.807, 2.05) is 18.2 Å². The van der Waals surface area contributed by atoms with E-state index >= 15 is 0 Å². The zero-order chi connectivity index (χ0) is 12.8. The van der Waals surface area contributed by atoms with Gasteiger partial charge in [-0.05, 0) is 18.6 Å². The highest BCUT2D eigenvalue weighted by Gasteiger charge is 2.28. The molecule has 2 aliphatic heterocycles. The zero-order valence-electron chi connectivity index (χ0n) is 10.6. The number of para-hydroxylation sites is 1. The maximum absolute atomic E-state index is 5.97. The Morgan fingerprint density at radius 2 is 2.26 bits per heavy atom. The van der Waals surface area contributed by atoms with E-state index in [-0.39, 0.29) is 6.04 Å². The maximum atomic E-state index is 5.97. The third-order valence-corrected chi connectivity index (χ3v) is 3.90. The summed E-state index contributed by atoms with van der Waals surface area (Å²) in [5, 5.41) is 7.64. The monoisotopic (exact) mass is 256 g/mol. The molecule has 0 radical (unpaired) electrons. The molecule has 2 aliphatic rings. The normalized spacial score (nSPS) is 20.9. The highest BCUT2D eigenvalue weighted by molar-refractivity contribution is 5.76. The van der Waals surface area contributed by atoms with Crippen molar-refractivity contribution in [3.63, 3.8) is 0 Å². The van der Waals surface area contributed by atoms with Crippen LogP contribution in [0.15, 0.2) is 24.3 Å². The van der Waals surface area contributed by atoms with E-state index in [1.165, 1.54) is 0 Å². The van der Waals surface area contributed by atoms with E-state index in [1.54, 1.807) is 0 Å². The predicted octanol–water partition coefficient (Wildman–Crippen LogP) is 1.51. The fraction of sp³-hybridized carbons (Fsp3) is 0.357. The summed E-state index contributed by atoms with van der Waals surface area (Å²) >= 11 is 0. The molecule has 1 aromatic carbocycles. The van der Waals surface area contributed by atoms with Gasteiger partial charge in [0.25, 0.3) is 0 Å². The quantitative estimate of drug-likeness (QED) is 0.811. The molecule has 0 saturated carbocycles. The van der Waals surface area contributed by atoms with Crippen molar-refractivity contribution in [2.75, 3.05) is 18.0 Å². The van der Waals surface area contributed by atoms with Crippen LogP contribution in [0.3, 0.4) is 0 Å². The van der Waals surface area contributed by atoms with E-state index in [0.29, 0.717) is 6.61 Å². The minimum absolute atomic E-state index is 0.254. The lowest BCUT2D eigenvalue weighted by molar-refractivity contribution is 0.302. The molecule has 3 heterocycles. The number of nitrogens with one attached hydrogen (secondary N) is 1. The van der Waals surface area contributed by atoms with Crippen LogP contribution in [-0.4, -0.2) is 29.3 Å². The third kappa shape index (κ3) is 1.62. The molecule has 1 fully saturated rings. The van der Waals surface area contributed by atoms with Crippen molar-refractivity contribution in [1.82, 2.24) is 10.2 Å². The number of H-pyrrole nitrogens is 1. The van der Waals surface area contributed by atoms with E-state index in [2.05, 4.69) is 21.2 Å². The summed E-state index contributed by atoms with van der Waals surface area (Å²) in [4.78, 5) is 2.25. The Morgan fingerprint density at radius 1 is 1.37 bits per heavy atom. The first-order valence-electron chi connectivity index (χ1n) is 6.63. The summed E-state index contributed by atoms with van der Waals surface area (Å²) in [5.74, 6) is 1.92. The Bertz CT molecular complexity index is 622. The summed E-state index contributed by atoms with van der Waals surface area (Å²) in [6, 6.07) is 8.31. The fourth-order valence-corrected chi connectivity index (χ4v) is 2.91. The molecule has 1 saturated heterocycles. The molecule has 98 valence electrons. The molecule has 1 aromatic heterocycles. The van der Waals surface area contributed by atoms with Gasteiger partial charge in [0, 0.05) is 24.7 Å². The van der Waals surface area contributed by atoms with Gasteiger partial charge in [-0.1, -0.05) is 12.1 Å². The van der Waals surface area contributed by atoms with Gasteiger partial charge in [-0.25, -0.2) is 0 Å². The minimum atomic E-state index is 0.254. The van der Waals surface area contributed by atoms with Crippen molar-refractivity contribution >= 4 is 5.82 Å². The minimum Gasteiger partial charge on any atom is -0.488 e. The Hall–Kier alpha value is -2.01. The first-order chi connectivity index (χ1) is 9.33. The van der Waals surface area contributed by atoms with Crippen molar-refractivity contribution in [2.24, 2.45) is 5.73 Å². The van der Waals surface area contributed by atoms with Crippen LogP contribution in [0, 0.1) is 0 Å². The molecule has 3 N–H and O–H groups in total. The number of nitrogens with zero attached hydrogens (tertiary/aromatic N) is 2. The Balaban J connectivity index is 1.77. The number of nitrogens with two attached hydrogens (primary N) is 1. The van der Waals surface area contributed by atoms with E-state index in [4.69, 9.17) is 10.5 Å². The molecule has 5 nitrogen and oxygen atoms in total.